The summed E-state index contributed by atoms with van der Waals surface area (Å²) in [5.41, 5.74) is 0.345. The molecule has 0 aromatic heterocycles. The number of alkyl halides is 1. The van der Waals surface area contributed by atoms with Gasteiger partial charge >= 0.3 is 0 Å². The lowest BCUT2D eigenvalue weighted by Gasteiger charge is -2.48. The van der Waals surface area contributed by atoms with E-state index in [0.717, 1.165) is 5.75 Å². The topological polar surface area (TPSA) is 37.4 Å². The summed E-state index contributed by atoms with van der Waals surface area (Å²) < 4.78 is 0. The Morgan fingerprint density at radius 1 is 1.79 bits per heavy atom. The van der Waals surface area contributed by atoms with Crippen molar-refractivity contribution in [3.8, 4) is 0 Å². The first-order chi connectivity index (χ1) is 6.66. The third kappa shape index (κ3) is 1.42. The first-order valence-electron chi connectivity index (χ1n) is 4.07. The molecule has 2 heterocycles. The Labute approximate surface area is 99.0 Å². The van der Waals surface area contributed by atoms with Gasteiger partial charge in [0.1, 0.15) is 5.70 Å². The molecule has 0 aliphatic carbocycles. The number of β-lactam (4-membered cyclic amide) rings is 1. The number of halogens is 2. The van der Waals surface area contributed by atoms with Gasteiger partial charge in [0, 0.05) is 11.1 Å². The highest BCUT2D eigenvalue weighted by atomic mass is 79.9. The van der Waals surface area contributed by atoms with Gasteiger partial charge in [0.05, 0.1) is 11.3 Å². The van der Waals surface area contributed by atoms with Gasteiger partial charge in [-0.3, -0.25) is 14.5 Å². The van der Waals surface area contributed by atoms with Crippen LogP contribution in [0, 0.1) is 5.92 Å². The minimum absolute atomic E-state index is 0.0142. The molecule has 3 nitrogen and oxygen atoms in total. The highest BCUT2D eigenvalue weighted by molar-refractivity contribution is 9.09. The molecule has 2 aliphatic rings. The van der Waals surface area contributed by atoms with E-state index in [4.69, 9.17) is 11.6 Å². The fourth-order valence-corrected chi connectivity index (χ4v) is 3.92. The van der Waals surface area contributed by atoms with E-state index in [1.807, 2.05) is 0 Å². The van der Waals surface area contributed by atoms with E-state index >= 15 is 0 Å². The molecule has 2 aliphatic heterocycles. The molecule has 1 fully saturated rings. The Morgan fingerprint density at radius 2 is 2.50 bits per heavy atom. The number of thioether (sulfide) groups is 1. The van der Waals surface area contributed by atoms with Gasteiger partial charge in [0.2, 0.25) is 5.91 Å². The van der Waals surface area contributed by atoms with Crippen LogP contribution in [0.4, 0.5) is 0 Å². The SMILES string of the molecule is O=C(Cl)C1=CCS[C@H]2C(CBr)C(=O)N12. The van der Waals surface area contributed by atoms with E-state index < -0.39 is 5.24 Å². The molecular formula is C8H7BrClNO2S. The van der Waals surface area contributed by atoms with Crippen molar-refractivity contribution in [3.63, 3.8) is 0 Å². The van der Waals surface area contributed by atoms with Crippen LogP contribution in [0.15, 0.2) is 11.8 Å². The van der Waals surface area contributed by atoms with E-state index in [1.54, 1.807) is 17.8 Å². The first-order valence-corrected chi connectivity index (χ1v) is 6.62. The number of hydrogen-bond donors (Lipinski definition) is 0. The molecule has 0 aromatic rings. The van der Waals surface area contributed by atoms with Crippen LogP contribution < -0.4 is 0 Å². The predicted octanol–water partition coefficient (Wildman–Crippen LogP) is 1.56. The summed E-state index contributed by atoms with van der Waals surface area (Å²) in [4.78, 5) is 24.1. The summed E-state index contributed by atoms with van der Waals surface area (Å²) in [6.45, 7) is 0. The number of hydrogen-bond acceptors (Lipinski definition) is 3. The zero-order valence-electron chi connectivity index (χ0n) is 7.07. The quantitative estimate of drug-likeness (QED) is 0.441. The normalized spacial score (nSPS) is 30.6. The van der Waals surface area contributed by atoms with E-state index in [0.29, 0.717) is 11.0 Å². The Hall–Kier alpha value is -0.000000000000000111. The molecule has 1 saturated heterocycles. The molecule has 1 unspecified atom stereocenters. The van der Waals surface area contributed by atoms with E-state index in [1.165, 1.54) is 4.90 Å². The minimum Gasteiger partial charge on any atom is -0.294 e. The number of rotatable bonds is 2. The molecule has 0 spiro atoms. The Kier molecular flexibility index (Phi) is 2.91. The third-order valence-corrected chi connectivity index (χ3v) is 4.46. The number of carbonyl (C=O) groups is 2. The second-order valence-electron chi connectivity index (χ2n) is 3.06. The zero-order valence-corrected chi connectivity index (χ0v) is 10.2. The second-order valence-corrected chi connectivity index (χ2v) is 5.20. The maximum atomic E-state index is 11.6. The van der Waals surface area contributed by atoms with Gasteiger partial charge in [-0.05, 0) is 17.7 Å². The molecule has 14 heavy (non-hydrogen) atoms. The fraction of sp³-hybridized carbons (Fsp3) is 0.500. The van der Waals surface area contributed by atoms with Gasteiger partial charge < -0.3 is 0 Å². The molecule has 0 aromatic carbocycles. The largest absolute Gasteiger partial charge is 0.294 e. The van der Waals surface area contributed by atoms with E-state index in [-0.39, 0.29) is 17.2 Å². The minimum atomic E-state index is -0.545. The van der Waals surface area contributed by atoms with Crippen molar-refractivity contribution in [2.45, 2.75) is 5.37 Å². The summed E-state index contributed by atoms with van der Waals surface area (Å²) >= 11 is 10.3. The first kappa shape index (κ1) is 10.5. The van der Waals surface area contributed by atoms with Crippen LogP contribution in [0.1, 0.15) is 0 Å². The van der Waals surface area contributed by atoms with Crippen LogP contribution in [-0.4, -0.2) is 32.5 Å². The van der Waals surface area contributed by atoms with Crippen molar-refractivity contribution in [1.29, 1.82) is 0 Å². The molecule has 0 N–H and O–H groups in total. The van der Waals surface area contributed by atoms with Gasteiger partial charge in [-0.15, -0.1) is 11.8 Å². The zero-order chi connectivity index (χ0) is 10.3. The summed E-state index contributed by atoms with van der Waals surface area (Å²) in [5.74, 6) is 0.713. The Morgan fingerprint density at radius 3 is 3.07 bits per heavy atom. The van der Waals surface area contributed by atoms with Gasteiger partial charge in [-0.1, -0.05) is 15.9 Å². The molecule has 0 radical (unpaired) electrons. The Bertz CT molecular complexity index is 333. The van der Waals surface area contributed by atoms with Crippen LogP contribution in [-0.2, 0) is 9.59 Å². The number of nitrogens with zero attached hydrogens (tertiary/aromatic N) is 1. The summed E-state index contributed by atoms with van der Waals surface area (Å²) in [6, 6.07) is 0. The number of carbonyl (C=O) groups excluding carboxylic acids is 2. The lowest BCUT2D eigenvalue weighted by atomic mass is 9.99. The van der Waals surface area contributed by atoms with Gasteiger partial charge in [0.25, 0.3) is 5.24 Å². The van der Waals surface area contributed by atoms with Crippen LogP contribution >= 0.6 is 39.3 Å². The van der Waals surface area contributed by atoms with Crippen LogP contribution in [0.2, 0.25) is 0 Å². The van der Waals surface area contributed by atoms with Crippen LogP contribution in [0.25, 0.3) is 0 Å². The van der Waals surface area contributed by atoms with Crippen molar-refractivity contribution in [1.82, 2.24) is 4.90 Å². The maximum Gasteiger partial charge on any atom is 0.268 e. The van der Waals surface area contributed by atoms with Gasteiger partial charge in [0.15, 0.2) is 0 Å². The molecular weight excluding hydrogens is 290 g/mol. The average Bonchev–Trinajstić information content (AvgIpc) is 2.16. The predicted molar refractivity (Wildman–Crippen MR) is 59.3 cm³/mol. The molecule has 2 atom stereocenters. The standard InChI is InChI=1S/C8H7BrClNO2S/c9-3-4-7(13)11-5(6(10)12)1-2-14-8(4)11/h1,4,8H,2-3H2/t4?,8-/m0/s1. The number of fused-ring (bicyclic) bond motifs is 1. The number of amides is 1. The summed E-state index contributed by atoms with van der Waals surface area (Å²) in [5, 5.41) is 0.185. The maximum absolute atomic E-state index is 11.6. The van der Waals surface area contributed by atoms with Crippen LogP contribution in [0.5, 0.6) is 0 Å². The highest BCUT2D eigenvalue weighted by Crippen LogP contribution is 2.42. The number of allylic oxidation sites excluding steroid dienone is 1. The van der Waals surface area contributed by atoms with Crippen molar-refractivity contribution in [2.75, 3.05) is 11.1 Å². The summed E-state index contributed by atoms with van der Waals surface area (Å²) in [6.07, 6.45) is 1.71. The lowest BCUT2D eigenvalue weighted by Crippen LogP contribution is -2.61. The van der Waals surface area contributed by atoms with E-state index in [9.17, 15) is 9.59 Å². The van der Waals surface area contributed by atoms with Crippen LogP contribution in [0.3, 0.4) is 0 Å². The third-order valence-electron chi connectivity index (χ3n) is 2.32. The molecule has 2 rings (SSSR count). The van der Waals surface area contributed by atoms with Crippen molar-refractivity contribution in [2.24, 2.45) is 5.92 Å². The van der Waals surface area contributed by atoms with Gasteiger partial charge in [-0.2, -0.15) is 0 Å². The molecule has 0 saturated carbocycles. The van der Waals surface area contributed by atoms with Crippen molar-refractivity contribution in [3.05, 3.63) is 11.8 Å². The molecule has 6 heteroatoms. The average molecular weight is 297 g/mol. The smallest absolute Gasteiger partial charge is 0.268 e. The Balaban J connectivity index is 2.23. The highest BCUT2D eigenvalue weighted by Gasteiger charge is 2.50. The van der Waals surface area contributed by atoms with E-state index in [2.05, 4.69) is 15.9 Å². The molecule has 0 bridgehead atoms. The summed E-state index contributed by atoms with van der Waals surface area (Å²) in [7, 11) is 0. The molecule has 76 valence electrons. The second kappa shape index (κ2) is 3.87. The van der Waals surface area contributed by atoms with Crippen molar-refractivity contribution >= 4 is 50.4 Å². The lowest BCUT2D eigenvalue weighted by molar-refractivity contribution is -0.146. The fourth-order valence-electron chi connectivity index (χ4n) is 1.61. The van der Waals surface area contributed by atoms with Crippen molar-refractivity contribution < 1.29 is 9.59 Å². The monoisotopic (exact) mass is 295 g/mol. The molecule has 1 amide bonds. The van der Waals surface area contributed by atoms with Gasteiger partial charge in [-0.25, -0.2) is 0 Å².